The Hall–Kier alpha value is -1.61. The first-order valence-electron chi connectivity index (χ1n) is 7.68. The Kier molecular flexibility index (Phi) is 5.57. The third-order valence-electron chi connectivity index (χ3n) is 4.03. The zero-order chi connectivity index (χ0) is 18.9. The Morgan fingerprint density at radius 3 is 2.50 bits per heavy atom. The van der Waals surface area contributed by atoms with Crippen LogP contribution in [0.25, 0.3) is 0 Å². The highest BCUT2D eigenvalue weighted by atomic mass is 79.9. The third-order valence-corrected chi connectivity index (χ3v) is 4.89. The van der Waals surface area contributed by atoms with E-state index < -0.39 is 28.7 Å². The second-order valence-electron chi connectivity index (χ2n) is 5.86. The zero-order valence-corrected chi connectivity index (χ0v) is 15.5. The molecule has 1 fully saturated rings. The summed E-state index contributed by atoms with van der Waals surface area (Å²) in [5.74, 6) is -0.424. The van der Waals surface area contributed by atoms with Crippen LogP contribution in [0.4, 0.5) is 18.9 Å². The number of halogens is 5. The summed E-state index contributed by atoms with van der Waals surface area (Å²) < 4.78 is 39.7. The summed E-state index contributed by atoms with van der Waals surface area (Å²) in [6.07, 6.45) is -4.12. The van der Waals surface area contributed by atoms with Crippen molar-refractivity contribution in [1.82, 2.24) is 10.9 Å². The molecule has 1 amide bonds. The van der Waals surface area contributed by atoms with E-state index in [0.29, 0.717) is 6.42 Å². The number of anilines is 1. The van der Waals surface area contributed by atoms with Crippen LogP contribution in [-0.4, -0.2) is 11.9 Å². The van der Waals surface area contributed by atoms with Gasteiger partial charge in [-0.3, -0.25) is 4.79 Å². The molecule has 0 bridgehead atoms. The van der Waals surface area contributed by atoms with Gasteiger partial charge in [0.25, 0.3) is 0 Å². The van der Waals surface area contributed by atoms with Crippen LogP contribution in [0.1, 0.15) is 23.6 Å². The fourth-order valence-corrected chi connectivity index (χ4v) is 3.18. The fraction of sp³-hybridized carbons (Fsp3) is 0.235. The number of rotatable bonds is 3. The lowest BCUT2D eigenvalue weighted by atomic mass is 10.0. The van der Waals surface area contributed by atoms with Gasteiger partial charge in [-0.1, -0.05) is 39.7 Å². The molecule has 0 saturated carbocycles. The average molecular weight is 449 g/mol. The Morgan fingerprint density at radius 1 is 1.15 bits per heavy atom. The van der Waals surface area contributed by atoms with Gasteiger partial charge in [-0.15, -0.1) is 0 Å². The number of hydrogen-bond donors (Lipinski definition) is 3. The maximum atomic E-state index is 12.9. The second-order valence-corrected chi connectivity index (χ2v) is 7.19. The van der Waals surface area contributed by atoms with Crippen molar-refractivity contribution < 1.29 is 18.0 Å². The van der Waals surface area contributed by atoms with Gasteiger partial charge in [-0.05, 0) is 42.3 Å². The molecule has 138 valence electrons. The van der Waals surface area contributed by atoms with Crippen LogP contribution >= 0.6 is 27.5 Å². The van der Waals surface area contributed by atoms with Gasteiger partial charge in [-0.2, -0.15) is 13.2 Å². The number of carbonyl (C=O) groups is 1. The van der Waals surface area contributed by atoms with E-state index in [-0.39, 0.29) is 11.7 Å². The maximum absolute atomic E-state index is 12.9. The molecule has 1 heterocycles. The Morgan fingerprint density at radius 2 is 1.85 bits per heavy atom. The molecule has 1 aliphatic rings. The molecule has 2 aromatic rings. The van der Waals surface area contributed by atoms with Crippen molar-refractivity contribution in [3.8, 4) is 0 Å². The Bertz CT molecular complexity index is 814. The summed E-state index contributed by atoms with van der Waals surface area (Å²) >= 11 is 8.95. The number of amides is 1. The van der Waals surface area contributed by atoms with Gasteiger partial charge < -0.3 is 5.32 Å². The van der Waals surface area contributed by atoms with Crippen molar-refractivity contribution in [2.24, 2.45) is 0 Å². The molecule has 2 atom stereocenters. The summed E-state index contributed by atoms with van der Waals surface area (Å²) in [4.78, 5) is 12.4. The molecule has 1 saturated heterocycles. The highest BCUT2D eigenvalue weighted by Crippen LogP contribution is 2.36. The third kappa shape index (κ3) is 4.37. The number of alkyl halides is 3. The van der Waals surface area contributed by atoms with Crippen LogP contribution in [0, 0.1) is 0 Å². The van der Waals surface area contributed by atoms with E-state index in [2.05, 4.69) is 32.1 Å². The zero-order valence-electron chi connectivity index (χ0n) is 13.2. The van der Waals surface area contributed by atoms with Gasteiger partial charge in [0.15, 0.2) is 0 Å². The maximum Gasteiger partial charge on any atom is 0.417 e. The number of nitrogens with one attached hydrogen (secondary N) is 3. The molecule has 2 unspecified atom stereocenters. The molecule has 3 rings (SSSR count). The van der Waals surface area contributed by atoms with Crippen LogP contribution in [0.15, 0.2) is 46.9 Å². The smallest absolute Gasteiger partial charge is 0.325 e. The van der Waals surface area contributed by atoms with Crippen LogP contribution in [0.5, 0.6) is 0 Å². The minimum absolute atomic E-state index is 0.0422. The predicted molar refractivity (Wildman–Crippen MR) is 96.6 cm³/mol. The van der Waals surface area contributed by atoms with E-state index in [1.54, 1.807) is 0 Å². The monoisotopic (exact) mass is 447 g/mol. The van der Waals surface area contributed by atoms with Crippen molar-refractivity contribution in [3.05, 3.63) is 63.1 Å². The van der Waals surface area contributed by atoms with E-state index in [0.717, 1.165) is 22.2 Å². The summed E-state index contributed by atoms with van der Waals surface area (Å²) in [5.41, 5.74) is 5.96. The molecule has 0 aromatic heterocycles. The SMILES string of the molecule is O=C(Nc1ccc(Cl)c(C(F)(F)F)c1)C1CC(c2ccc(Br)cc2)NN1. The second kappa shape index (κ2) is 7.56. The summed E-state index contributed by atoms with van der Waals surface area (Å²) in [5, 5.41) is 2.09. The number of hydrogen-bond acceptors (Lipinski definition) is 3. The van der Waals surface area contributed by atoms with Gasteiger partial charge in [0.2, 0.25) is 5.91 Å². The van der Waals surface area contributed by atoms with Crippen LogP contribution in [0.2, 0.25) is 5.02 Å². The molecule has 0 radical (unpaired) electrons. The first-order chi connectivity index (χ1) is 12.2. The van der Waals surface area contributed by atoms with Crippen molar-refractivity contribution >= 4 is 39.1 Å². The molecule has 3 N–H and O–H groups in total. The minimum atomic E-state index is -4.59. The minimum Gasteiger partial charge on any atom is -0.325 e. The topological polar surface area (TPSA) is 53.2 Å². The van der Waals surface area contributed by atoms with E-state index >= 15 is 0 Å². The summed E-state index contributed by atoms with van der Waals surface area (Å²) in [6.45, 7) is 0. The molecular formula is C17H14BrClF3N3O. The van der Waals surface area contributed by atoms with E-state index in [1.165, 1.54) is 6.07 Å². The standard InChI is InChI=1S/C17H14BrClF3N3O/c18-10-3-1-9(2-4-10)14-8-15(25-24-14)16(26)23-11-5-6-13(19)12(7-11)17(20,21)22/h1-7,14-15,24-25H,8H2,(H,23,26). The highest BCUT2D eigenvalue weighted by molar-refractivity contribution is 9.10. The normalized spacial score (nSPS) is 20.2. The molecular weight excluding hydrogens is 435 g/mol. The van der Waals surface area contributed by atoms with Crippen LogP contribution < -0.4 is 16.2 Å². The lowest BCUT2D eigenvalue weighted by Crippen LogP contribution is -2.39. The van der Waals surface area contributed by atoms with Gasteiger partial charge in [0, 0.05) is 16.2 Å². The summed E-state index contributed by atoms with van der Waals surface area (Å²) in [7, 11) is 0. The van der Waals surface area contributed by atoms with Crippen molar-refractivity contribution in [2.45, 2.75) is 24.7 Å². The summed E-state index contributed by atoms with van der Waals surface area (Å²) in [6, 6.07) is 10.3. The lowest BCUT2D eigenvalue weighted by molar-refractivity contribution is -0.137. The molecule has 26 heavy (non-hydrogen) atoms. The van der Waals surface area contributed by atoms with Gasteiger partial charge in [-0.25, -0.2) is 10.9 Å². The molecule has 2 aromatic carbocycles. The molecule has 4 nitrogen and oxygen atoms in total. The first kappa shape index (κ1) is 19.2. The highest BCUT2D eigenvalue weighted by Gasteiger charge is 2.34. The number of benzene rings is 2. The average Bonchev–Trinajstić information content (AvgIpc) is 3.06. The van der Waals surface area contributed by atoms with Crippen molar-refractivity contribution in [3.63, 3.8) is 0 Å². The van der Waals surface area contributed by atoms with Gasteiger partial charge in [0.05, 0.1) is 10.6 Å². The van der Waals surface area contributed by atoms with E-state index in [4.69, 9.17) is 11.6 Å². The van der Waals surface area contributed by atoms with E-state index in [9.17, 15) is 18.0 Å². The molecule has 9 heteroatoms. The number of hydrazine groups is 1. The van der Waals surface area contributed by atoms with E-state index in [1.807, 2.05) is 24.3 Å². The predicted octanol–water partition coefficient (Wildman–Crippen LogP) is 4.67. The lowest BCUT2D eigenvalue weighted by Gasteiger charge is -2.14. The molecule has 0 aliphatic carbocycles. The Labute approximate surface area is 161 Å². The van der Waals surface area contributed by atoms with Gasteiger partial charge in [0.1, 0.15) is 6.04 Å². The largest absolute Gasteiger partial charge is 0.417 e. The molecule has 1 aliphatic heterocycles. The van der Waals surface area contributed by atoms with Crippen molar-refractivity contribution in [2.75, 3.05) is 5.32 Å². The first-order valence-corrected chi connectivity index (χ1v) is 8.85. The Balaban J connectivity index is 1.67. The van der Waals surface area contributed by atoms with Crippen LogP contribution in [-0.2, 0) is 11.0 Å². The van der Waals surface area contributed by atoms with Crippen molar-refractivity contribution in [1.29, 1.82) is 0 Å². The number of carbonyl (C=O) groups excluding carboxylic acids is 1. The molecule has 0 spiro atoms. The van der Waals surface area contributed by atoms with Crippen LogP contribution in [0.3, 0.4) is 0 Å². The quantitative estimate of drug-likeness (QED) is 0.640. The van der Waals surface area contributed by atoms with Gasteiger partial charge >= 0.3 is 6.18 Å². The fourth-order valence-electron chi connectivity index (χ4n) is 2.69.